The van der Waals surface area contributed by atoms with Gasteiger partial charge in [0.25, 0.3) is 0 Å². The van der Waals surface area contributed by atoms with Crippen LogP contribution in [0.25, 0.3) is 0 Å². The fraction of sp³-hybridized carbons (Fsp3) is 0.217. The maximum atomic E-state index is 12.4. The SMILES string of the molecule is COc1ccc(CC(=O)Nc2ccc(N3CCc4ccccc43)nc2)cc1OC. The average Bonchev–Trinajstić information content (AvgIpc) is 3.18. The molecule has 0 spiro atoms. The van der Waals surface area contributed by atoms with Gasteiger partial charge in [-0.15, -0.1) is 0 Å². The molecule has 4 rings (SSSR count). The number of fused-ring (bicyclic) bond motifs is 1. The van der Waals surface area contributed by atoms with Crippen molar-refractivity contribution in [3.05, 3.63) is 71.9 Å². The largest absolute Gasteiger partial charge is 0.493 e. The number of benzene rings is 2. The zero-order valence-corrected chi connectivity index (χ0v) is 16.5. The molecule has 6 nitrogen and oxygen atoms in total. The third kappa shape index (κ3) is 4.01. The van der Waals surface area contributed by atoms with Crippen molar-refractivity contribution in [3.8, 4) is 11.5 Å². The molecule has 3 aromatic rings. The van der Waals surface area contributed by atoms with E-state index in [1.165, 1.54) is 11.3 Å². The van der Waals surface area contributed by atoms with Gasteiger partial charge in [-0.05, 0) is 47.9 Å². The Hall–Kier alpha value is -3.54. The number of hydrogen-bond donors (Lipinski definition) is 1. The van der Waals surface area contributed by atoms with E-state index in [1.807, 2.05) is 30.3 Å². The van der Waals surface area contributed by atoms with Crippen molar-refractivity contribution in [1.29, 1.82) is 0 Å². The standard InChI is InChI=1S/C23H23N3O3/c1-28-20-9-7-16(13-21(20)29-2)14-23(27)25-18-8-10-22(24-15-18)26-12-11-17-5-3-4-6-19(17)26/h3-10,13,15H,11-12,14H2,1-2H3,(H,25,27). The minimum Gasteiger partial charge on any atom is -0.493 e. The van der Waals surface area contributed by atoms with Gasteiger partial charge in [0.1, 0.15) is 5.82 Å². The first-order chi connectivity index (χ1) is 14.2. The third-order valence-electron chi connectivity index (χ3n) is 5.01. The number of nitrogens with one attached hydrogen (secondary N) is 1. The number of nitrogens with zero attached hydrogens (tertiary/aromatic N) is 2. The summed E-state index contributed by atoms with van der Waals surface area (Å²) < 4.78 is 10.5. The second-order valence-electron chi connectivity index (χ2n) is 6.85. The van der Waals surface area contributed by atoms with Crippen molar-refractivity contribution >= 4 is 23.1 Å². The topological polar surface area (TPSA) is 63.7 Å². The fourth-order valence-corrected chi connectivity index (χ4v) is 3.58. The Labute approximate surface area is 170 Å². The van der Waals surface area contributed by atoms with Gasteiger partial charge in [-0.25, -0.2) is 4.98 Å². The van der Waals surface area contributed by atoms with Gasteiger partial charge in [0.15, 0.2) is 11.5 Å². The number of para-hydroxylation sites is 1. The Morgan fingerprint density at radius 2 is 1.90 bits per heavy atom. The van der Waals surface area contributed by atoms with Gasteiger partial charge < -0.3 is 19.7 Å². The molecule has 29 heavy (non-hydrogen) atoms. The number of carbonyl (C=O) groups is 1. The van der Waals surface area contributed by atoms with Gasteiger partial charge in [-0.2, -0.15) is 0 Å². The van der Waals surface area contributed by atoms with Crippen LogP contribution in [0.15, 0.2) is 60.8 Å². The van der Waals surface area contributed by atoms with Gasteiger partial charge in [-0.1, -0.05) is 24.3 Å². The highest BCUT2D eigenvalue weighted by molar-refractivity contribution is 5.92. The number of ether oxygens (including phenoxy) is 2. The number of hydrogen-bond acceptors (Lipinski definition) is 5. The van der Waals surface area contributed by atoms with E-state index in [9.17, 15) is 4.79 Å². The molecule has 0 saturated heterocycles. The molecular weight excluding hydrogens is 366 g/mol. The summed E-state index contributed by atoms with van der Waals surface area (Å²) in [5.41, 5.74) is 4.05. The van der Waals surface area contributed by atoms with E-state index in [0.717, 1.165) is 24.3 Å². The first-order valence-electron chi connectivity index (χ1n) is 9.50. The Kier molecular flexibility index (Phi) is 5.33. The summed E-state index contributed by atoms with van der Waals surface area (Å²) in [6, 6.07) is 17.7. The van der Waals surface area contributed by atoms with E-state index in [-0.39, 0.29) is 12.3 Å². The van der Waals surface area contributed by atoms with Crippen LogP contribution in [0.5, 0.6) is 11.5 Å². The summed E-state index contributed by atoms with van der Waals surface area (Å²) in [5.74, 6) is 2.01. The van der Waals surface area contributed by atoms with Crippen molar-refractivity contribution in [2.75, 3.05) is 31.0 Å². The number of amides is 1. The predicted octanol–water partition coefficient (Wildman–Crippen LogP) is 3.97. The maximum absolute atomic E-state index is 12.4. The average molecular weight is 389 g/mol. The lowest BCUT2D eigenvalue weighted by molar-refractivity contribution is -0.115. The Balaban J connectivity index is 1.41. The summed E-state index contributed by atoms with van der Waals surface area (Å²) in [4.78, 5) is 19.2. The maximum Gasteiger partial charge on any atom is 0.228 e. The Bertz CT molecular complexity index is 1020. The molecular formula is C23H23N3O3. The molecule has 148 valence electrons. The van der Waals surface area contributed by atoms with E-state index in [2.05, 4.69) is 33.4 Å². The van der Waals surface area contributed by atoms with Crippen molar-refractivity contribution in [2.45, 2.75) is 12.8 Å². The Morgan fingerprint density at radius 1 is 1.07 bits per heavy atom. The highest BCUT2D eigenvalue weighted by atomic mass is 16.5. The minimum absolute atomic E-state index is 0.113. The van der Waals surface area contributed by atoms with Crippen molar-refractivity contribution in [2.24, 2.45) is 0 Å². The molecule has 0 aliphatic carbocycles. The zero-order chi connectivity index (χ0) is 20.2. The summed E-state index contributed by atoms with van der Waals surface area (Å²) in [6.07, 6.45) is 2.95. The summed E-state index contributed by atoms with van der Waals surface area (Å²) in [5, 5.41) is 2.90. The van der Waals surface area contributed by atoms with E-state index in [1.54, 1.807) is 26.5 Å². The van der Waals surface area contributed by atoms with Gasteiger partial charge in [0.2, 0.25) is 5.91 Å². The highest BCUT2D eigenvalue weighted by Crippen LogP contribution is 2.33. The lowest BCUT2D eigenvalue weighted by atomic mass is 10.1. The lowest BCUT2D eigenvalue weighted by Crippen LogP contribution is -2.16. The third-order valence-corrected chi connectivity index (χ3v) is 5.01. The van der Waals surface area contributed by atoms with Crippen LogP contribution in [0.3, 0.4) is 0 Å². The summed E-state index contributed by atoms with van der Waals surface area (Å²) in [7, 11) is 3.16. The molecule has 1 aromatic heterocycles. The van der Waals surface area contributed by atoms with E-state index in [0.29, 0.717) is 17.2 Å². The van der Waals surface area contributed by atoms with Crippen LogP contribution < -0.4 is 19.7 Å². The molecule has 1 aliphatic heterocycles. The lowest BCUT2D eigenvalue weighted by Gasteiger charge is -2.18. The number of rotatable bonds is 6. The molecule has 0 unspecified atom stereocenters. The summed E-state index contributed by atoms with van der Waals surface area (Å²) >= 11 is 0. The molecule has 0 bridgehead atoms. The molecule has 0 saturated carbocycles. The van der Waals surface area contributed by atoms with E-state index >= 15 is 0 Å². The normalized spacial score (nSPS) is 12.4. The van der Waals surface area contributed by atoms with Crippen LogP contribution in [0.4, 0.5) is 17.2 Å². The highest BCUT2D eigenvalue weighted by Gasteiger charge is 2.20. The van der Waals surface area contributed by atoms with Gasteiger partial charge in [-0.3, -0.25) is 4.79 Å². The molecule has 1 amide bonds. The van der Waals surface area contributed by atoms with Gasteiger partial charge >= 0.3 is 0 Å². The monoisotopic (exact) mass is 389 g/mol. The van der Waals surface area contributed by atoms with Crippen LogP contribution in [-0.4, -0.2) is 31.7 Å². The van der Waals surface area contributed by atoms with Crippen LogP contribution in [0, 0.1) is 0 Å². The van der Waals surface area contributed by atoms with E-state index in [4.69, 9.17) is 9.47 Å². The van der Waals surface area contributed by atoms with E-state index < -0.39 is 0 Å². The second-order valence-corrected chi connectivity index (χ2v) is 6.85. The van der Waals surface area contributed by atoms with Crippen LogP contribution in [0.2, 0.25) is 0 Å². The molecule has 1 aliphatic rings. The fourth-order valence-electron chi connectivity index (χ4n) is 3.58. The zero-order valence-electron chi connectivity index (χ0n) is 16.5. The molecule has 1 N–H and O–H groups in total. The van der Waals surface area contributed by atoms with Gasteiger partial charge in [0.05, 0.1) is 32.5 Å². The van der Waals surface area contributed by atoms with Crippen LogP contribution in [0.1, 0.15) is 11.1 Å². The molecule has 0 radical (unpaired) electrons. The number of methoxy groups -OCH3 is 2. The Morgan fingerprint density at radius 3 is 2.66 bits per heavy atom. The van der Waals surface area contributed by atoms with Gasteiger partial charge in [0, 0.05) is 12.2 Å². The minimum atomic E-state index is -0.113. The quantitative estimate of drug-likeness (QED) is 0.691. The van der Waals surface area contributed by atoms with Crippen LogP contribution >= 0.6 is 0 Å². The molecule has 2 aromatic carbocycles. The predicted molar refractivity (Wildman–Crippen MR) is 113 cm³/mol. The smallest absolute Gasteiger partial charge is 0.228 e. The number of anilines is 3. The second kappa shape index (κ2) is 8.22. The molecule has 2 heterocycles. The number of carbonyl (C=O) groups excluding carboxylic acids is 1. The van der Waals surface area contributed by atoms with Crippen LogP contribution in [-0.2, 0) is 17.6 Å². The molecule has 6 heteroatoms. The molecule has 0 atom stereocenters. The first-order valence-corrected chi connectivity index (χ1v) is 9.50. The number of aromatic nitrogens is 1. The van der Waals surface area contributed by atoms with Crippen molar-refractivity contribution in [1.82, 2.24) is 4.98 Å². The first kappa shape index (κ1) is 18.8. The number of pyridine rings is 1. The summed E-state index contributed by atoms with van der Waals surface area (Å²) in [6.45, 7) is 0.914. The van der Waals surface area contributed by atoms with Crippen molar-refractivity contribution in [3.63, 3.8) is 0 Å². The van der Waals surface area contributed by atoms with Crippen molar-refractivity contribution < 1.29 is 14.3 Å². The molecule has 0 fully saturated rings.